The lowest BCUT2D eigenvalue weighted by molar-refractivity contribution is 0.0693. The highest BCUT2D eigenvalue weighted by atomic mass is 19.1. The SMILES string of the molecule is O=C(Nc1cccc(F)c1C(=O)O)c1ccccc1F. The summed E-state index contributed by atoms with van der Waals surface area (Å²) in [7, 11) is 0. The average molecular weight is 277 g/mol. The summed E-state index contributed by atoms with van der Waals surface area (Å²) in [6.45, 7) is 0. The maximum absolute atomic E-state index is 13.4. The molecule has 0 aliphatic carbocycles. The molecule has 2 rings (SSSR count). The van der Waals surface area contributed by atoms with Gasteiger partial charge in [-0.05, 0) is 24.3 Å². The minimum atomic E-state index is -1.52. The lowest BCUT2D eigenvalue weighted by atomic mass is 10.1. The van der Waals surface area contributed by atoms with Gasteiger partial charge in [0.25, 0.3) is 5.91 Å². The summed E-state index contributed by atoms with van der Waals surface area (Å²) >= 11 is 0. The van der Waals surface area contributed by atoms with Crippen molar-refractivity contribution in [2.75, 3.05) is 5.32 Å². The number of carboxylic acid groups (broad SMARTS) is 1. The second-order valence-electron chi connectivity index (χ2n) is 3.90. The molecule has 0 atom stereocenters. The van der Waals surface area contributed by atoms with Crippen molar-refractivity contribution in [1.82, 2.24) is 0 Å². The zero-order chi connectivity index (χ0) is 14.7. The molecule has 0 aliphatic heterocycles. The first kappa shape index (κ1) is 13.7. The Morgan fingerprint density at radius 2 is 1.60 bits per heavy atom. The summed E-state index contributed by atoms with van der Waals surface area (Å²) in [5.41, 5.74) is -1.16. The number of benzene rings is 2. The molecular weight excluding hydrogens is 268 g/mol. The molecule has 0 saturated carbocycles. The fourth-order valence-electron chi connectivity index (χ4n) is 1.68. The van der Waals surface area contributed by atoms with Gasteiger partial charge in [0.05, 0.1) is 11.3 Å². The normalized spacial score (nSPS) is 10.1. The number of rotatable bonds is 3. The standard InChI is InChI=1S/C14H9F2NO3/c15-9-5-2-1-4-8(9)13(18)17-11-7-3-6-10(16)12(11)14(19)20/h1-7H,(H,17,18)(H,19,20). The van der Waals surface area contributed by atoms with E-state index in [2.05, 4.69) is 5.32 Å². The van der Waals surface area contributed by atoms with Gasteiger partial charge in [-0.3, -0.25) is 4.79 Å². The molecule has 0 spiro atoms. The van der Waals surface area contributed by atoms with Gasteiger partial charge in [-0.2, -0.15) is 0 Å². The third-order valence-electron chi connectivity index (χ3n) is 2.59. The van der Waals surface area contributed by atoms with Crippen molar-refractivity contribution in [2.45, 2.75) is 0 Å². The molecule has 20 heavy (non-hydrogen) atoms. The van der Waals surface area contributed by atoms with Crippen molar-refractivity contribution >= 4 is 17.6 Å². The minimum absolute atomic E-state index is 0.231. The zero-order valence-electron chi connectivity index (χ0n) is 10.1. The second-order valence-corrected chi connectivity index (χ2v) is 3.90. The predicted molar refractivity (Wildman–Crippen MR) is 67.7 cm³/mol. The van der Waals surface area contributed by atoms with E-state index in [4.69, 9.17) is 5.11 Å². The lowest BCUT2D eigenvalue weighted by Crippen LogP contribution is -2.17. The third kappa shape index (κ3) is 2.64. The molecular formula is C14H9F2NO3. The number of halogens is 2. The van der Waals surface area contributed by atoms with Crippen LogP contribution in [0.5, 0.6) is 0 Å². The van der Waals surface area contributed by atoms with Crippen molar-refractivity contribution in [3.05, 3.63) is 65.2 Å². The van der Waals surface area contributed by atoms with Crippen molar-refractivity contribution in [2.24, 2.45) is 0 Å². The Balaban J connectivity index is 2.36. The topological polar surface area (TPSA) is 66.4 Å². The molecule has 0 aromatic heterocycles. The Kier molecular flexibility index (Phi) is 3.74. The fourth-order valence-corrected chi connectivity index (χ4v) is 1.68. The highest BCUT2D eigenvalue weighted by Crippen LogP contribution is 2.20. The maximum Gasteiger partial charge on any atom is 0.340 e. The van der Waals surface area contributed by atoms with E-state index in [1.165, 1.54) is 30.3 Å². The summed E-state index contributed by atoms with van der Waals surface area (Å²) in [5, 5.41) is 11.1. The highest BCUT2D eigenvalue weighted by Gasteiger charge is 2.19. The van der Waals surface area contributed by atoms with Gasteiger partial charge >= 0.3 is 5.97 Å². The molecule has 0 unspecified atom stereocenters. The highest BCUT2D eigenvalue weighted by molar-refractivity contribution is 6.07. The summed E-state index contributed by atoms with van der Waals surface area (Å²) in [4.78, 5) is 22.8. The molecule has 0 aliphatic rings. The molecule has 0 radical (unpaired) electrons. The Bertz CT molecular complexity index is 686. The molecule has 6 heteroatoms. The van der Waals surface area contributed by atoms with Crippen LogP contribution in [-0.4, -0.2) is 17.0 Å². The molecule has 0 fully saturated rings. The van der Waals surface area contributed by atoms with E-state index >= 15 is 0 Å². The number of carbonyl (C=O) groups is 2. The first-order valence-electron chi connectivity index (χ1n) is 5.58. The minimum Gasteiger partial charge on any atom is -0.478 e. The quantitative estimate of drug-likeness (QED) is 0.906. The van der Waals surface area contributed by atoms with Crippen LogP contribution in [0, 0.1) is 11.6 Å². The summed E-state index contributed by atoms with van der Waals surface area (Å²) in [6.07, 6.45) is 0. The van der Waals surface area contributed by atoms with Crippen LogP contribution in [0.3, 0.4) is 0 Å². The Morgan fingerprint density at radius 3 is 2.25 bits per heavy atom. The molecule has 0 bridgehead atoms. The van der Waals surface area contributed by atoms with Gasteiger partial charge in [0, 0.05) is 0 Å². The number of hydrogen-bond donors (Lipinski definition) is 2. The van der Waals surface area contributed by atoms with Crippen LogP contribution >= 0.6 is 0 Å². The van der Waals surface area contributed by atoms with Gasteiger partial charge in [0.2, 0.25) is 0 Å². The van der Waals surface area contributed by atoms with E-state index in [1.807, 2.05) is 0 Å². The molecule has 0 saturated heterocycles. The van der Waals surface area contributed by atoms with Crippen LogP contribution < -0.4 is 5.32 Å². The smallest absolute Gasteiger partial charge is 0.340 e. The molecule has 2 aromatic carbocycles. The first-order valence-corrected chi connectivity index (χ1v) is 5.58. The molecule has 2 aromatic rings. The predicted octanol–water partition coefficient (Wildman–Crippen LogP) is 2.92. The zero-order valence-corrected chi connectivity index (χ0v) is 10.1. The van der Waals surface area contributed by atoms with E-state index in [0.29, 0.717) is 0 Å². The van der Waals surface area contributed by atoms with Crippen molar-refractivity contribution in [3.63, 3.8) is 0 Å². The Labute approximate surface area is 112 Å². The summed E-state index contributed by atoms with van der Waals surface area (Å²) in [5.74, 6) is -4.11. The average Bonchev–Trinajstić information content (AvgIpc) is 2.38. The van der Waals surface area contributed by atoms with Gasteiger partial charge in [-0.1, -0.05) is 18.2 Å². The van der Waals surface area contributed by atoms with E-state index in [1.54, 1.807) is 0 Å². The van der Waals surface area contributed by atoms with Crippen LogP contribution in [0.25, 0.3) is 0 Å². The number of nitrogens with one attached hydrogen (secondary N) is 1. The van der Waals surface area contributed by atoms with Gasteiger partial charge in [-0.25, -0.2) is 13.6 Å². The van der Waals surface area contributed by atoms with E-state index in [9.17, 15) is 18.4 Å². The fraction of sp³-hybridized carbons (Fsp3) is 0. The number of carbonyl (C=O) groups excluding carboxylic acids is 1. The number of carboxylic acids is 1. The van der Waals surface area contributed by atoms with Gasteiger partial charge < -0.3 is 10.4 Å². The maximum atomic E-state index is 13.4. The van der Waals surface area contributed by atoms with Crippen molar-refractivity contribution < 1.29 is 23.5 Å². The third-order valence-corrected chi connectivity index (χ3v) is 2.59. The molecule has 0 heterocycles. The summed E-state index contributed by atoms with van der Waals surface area (Å²) < 4.78 is 26.9. The van der Waals surface area contributed by atoms with Crippen LogP contribution in [0.1, 0.15) is 20.7 Å². The first-order chi connectivity index (χ1) is 9.50. The van der Waals surface area contributed by atoms with Crippen molar-refractivity contribution in [1.29, 1.82) is 0 Å². The van der Waals surface area contributed by atoms with Crippen LogP contribution in [0.15, 0.2) is 42.5 Å². The van der Waals surface area contributed by atoms with E-state index < -0.39 is 29.1 Å². The van der Waals surface area contributed by atoms with Gasteiger partial charge in [0.15, 0.2) is 0 Å². The molecule has 4 nitrogen and oxygen atoms in total. The molecule has 2 N–H and O–H groups in total. The lowest BCUT2D eigenvalue weighted by Gasteiger charge is -2.09. The monoisotopic (exact) mass is 277 g/mol. The Morgan fingerprint density at radius 1 is 0.950 bits per heavy atom. The van der Waals surface area contributed by atoms with Crippen molar-refractivity contribution in [3.8, 4) is 0 Å². The Hall–Kier alpha value is -2.76. The summed E-state index contributed by atoms with van der Waals surface area (Å²) in [6, 6.07) is 8.65. The van der Waals surface area contributed by atoms with E-state index in [0.717, 1.165) is 12.1 Å². The largest absolute Gasteiger partial charge is 0.478 e. The van der Waals surface area contributed by atoms with Gasteiger partial charge in [-0.15, -0.1) is 0 Å². The van der Waals surface area contributed by atoms with Crippen LogP contribution in [0.4, 0.5) is 14.5 Å². The van der Waals surface area contributed by atoms with Crippen LogP contribution in [-0.2, 0) is 0 Å². The van der Waals surface area contributed by atoms with Gasteiger partial charge in [0.1, 0.15) is 17.2 Å². The number of anilines is 1. The van der Waals surface area contributed by atoms with E-state index in [-0.39, 0.29) is 11.3 Å². The number of aromatic carboxylic acids is 1. The molecule has 1 amide bonds. The number of hydrogen-bond acceptors (Lipinski definition) is 2. The second kappa shape index (κ2) is 5.48. The molecule has 102 valence electrons. The number of amides is 1. The van der Waals surface area contributed by atoms with Crippen LogP contribution in [0.2, 0.25) is 0 Å².